The average Bonchev–Trinajstić information content (AvgIpc) is 1.63. The van der Waals surface area contributed by atoms with Gasteiger partial charge in [0.05, 0.1) is 5.83 Å². The van der Waals surface area contributed by atoms with Crippen molar-refractivity contribution in [1.29, 1.82) is 0 Å². The van der Waals surface area contributed by atoms with Gasteiger partial charge in [0.15, 0.2) is 0 Å². The van der Waals surface area contributed by atoms with E-state index < -0.39 is 0 Å². The zero-order chi connectivity index (χ0) is 7.44. The zero-order valence-corrected chi connectivity index (χ0v) is 6.61. The molecule has 0 fully saturated rings. The summed E-state index contributed by atoms with van der Waals surface area (Å²) in [4.78, 5) is 0. The Hall–Kier alpha value is -0.330. The lowest BCUT2D eigenvalue weighted by atomic mass is 10.1. The van der Waals surface area contributed by atoms with Crippen molar-refractivity contribution in [3.8, 4) is 0 Å². The lowest BCUT2D eigenvalue weighted by Gasteiger charge is -2.01. The van der Waals surface area contributed by atoms with Crippen LogP contribution < -0.4 is 0 Å². The quantitative estimate of drug-likeness (QED) is 0.538. The second-order valence-corrected chi connectivity index (χ2v) is 2.95. The molecule has 0 aliphatic carbocycles. The van der Waals surface area contributed by atoms with Crippen molar-refractivity contribution in [3.63, 3.8) is 0 Å². The molecule has 0 nitrogen and oxygen atoms in total. The Bertz CT molecular complexity index is 101. The van der Waals surface area contributed by atoms with Crippen LogP contribution in [0.2, 0.25) is 0 Å². The molecule has 0 amide bonds. The third kappa shape index (κ3) is 4.19. The molecule has 0 heterocycles. The molecule has 0 spiro atoms. The van der Waals surface area contributed by atoms with Gasteiger partial charge in [-0.2, -0.15) is 0 Å². The van der Waals surface area contributed by atoms with E-state index in [0.29, 0.717) is 5.92 Å². The van der Waals surface area contributed by atoms with Gasteiger partial charge in [0.2, 0.25) is 0 Å². The standard InChI is InChI=1S/C8H15F/c1-6(2)5-8(9)7(3)4/h5-7H,1-4H3/b8-5+. The molecule has 0 saturated heterocycles. The minimum Gasteiger partial charge on any atom is -0.212 e. The summed E-state index contributed by atoms with van der Waals surface area (Å²) in [7, 11) is 0. The molecule has 0 rings (SSSR count). The first kappa shape index (κ1) is 8.67. The Labute approximate surface area is 56.8 Å². The molecule has 0 aromatic heterocycles. The van der Waals surface area contributed by atoms with Crippen molar-refractivity contribution in [3.05, 3.63) is 11.9 Å². The van der Waals surface area contributed by atoms with Gasteiger partial charge in [0.1, 0.15) is 0 Å². The maximum Gasteiger partial charge on any atom is 0.0987 e. The van der Waals surface area contributed by atoms with Crippen molar-refractivity contribution in [2.75, 3.05) is 0 Å². The van der Waals surface area contributed by atoms with Gasteiger partial charge in [-0.3, -0.25) is 0 Å². The van der Waals surface area contributed by atoms with Crippen molar-refractivity contribution in [2.24, 2.45) is 11.8 Å². The Morgan fingerprint density at radius 1 is 1.22 bits per heavy atom. The smallest absolute Gasteiger partial charge is 0.0987 e. The fraction of sp³-hybridized carbons (Fsp3) is 0.750. The van der Waals surface area contributed by atoms with Crippen molar-refractivity contribution in [1.82, 2.24) is 0 Å². The summed E-state index contributed by atoms with van der Waals surface area (Å²) >= 11 is 0. The van der Waals surface area contributed by atoms with E-state index in [2.05, 4.69) is 0 Å². The van der Waals surface area contributed by atoms with Gasteiger partial charge in [-0.1, -0.05) is 33.8 Å². The van der Waals surface area contributed by atoms with Crippen LogP contribution in [0, 0.1) is 11.8 Å². The van der Waals surface area contributed by atoms with Crippen LogP contribution in [-0.2, 0) is 0 Å². The highest BCUT2D eigenvalue weighted by molar-refractivity contribution is 4.95. The van der Waals surface area contributed by atoms with E-state index in [1.54, 1.807) is 6.08 Å². The van der Waals surface area contributed by atoms with Gasteiger partial charge in [-0.05, 0) is 5.92 Å². The fourth-order valence-electron chi connectivity index (χ4n) is 0.511. The summed E-state index contributed by atoms with van der Waals surface area (Å²) in [5.74, 6) is 0.379. The molecule has 0 aromatic rings. The highest BCUT2D eigenvalue weighted by Crippen LogP contribution is 2.12. The highest BCUT2D eigenvalue weighted by Gasteiger charge is 2.00. The Kier molecular flexibility index (Phi) is 3.52. The lowest BCUT2D eigenvalue weighted by molar-refractivity contribution is 0.508. The van der Waals surface area contributed by atoms with E-state index in [-0.39, 0.29) is 11.7 Å². The van der Waals surface area contributed by atoms with Gasteiger partial charge in [0.25, 0.3) is 0 Å². The first-order valence-corrected chi connectivity index (χ1v) is 3.41. The summed E-state index contributed by atoms with van der Waals surface area (Å²) in [5.41, 5.74) is 0. The molecule has 0 N–H and O–H groups in total. The molecule has 0 atom stereocenters. The van der Waals surface area contributed by atoms with Gasteiger partial charge >= 0.3 is 0 Å². The second kappa shape index (κ2) is 3.65. The van der Waals surface area contributed by atoms with Crippen molar-refractivity contribution in [2.45, 2.75) is 27.7 Å². The molecule has 0 unspecified atom stereocenters. The van der Waals surface area contributed by atoms with Crippen LogP contribution in [-0.4, -0.2) is 0 Å². The van der Waals surface area contributed by atoms with Crippen molar-refractivity contribution >= 4 is 0 Å². The van der Waals surface area contributed by atoms with E-state index in [0.717, 1.165) is 0 Å². The number of allylic oxidation sites excluding steroid dienone is 2. The SMILES string of the molecule is CC(C)/C=C(/F)C(C)C. The lowest BCUT2D eigenvalue weighted by Crippen LogP contribution is -1.89. The summed E-state index contributed by atoms with van der Waals surface area (Å²) in [5, 5.41) is 0. The minimum absolute atomic E-state index is 0.00463. The normalized spacial score (nSPS) is 13.4. The number of halogens is 1. The fourth-order valence-corrected chi connectivity index (χ4v) is 0.511. The van der Waals surface area contributed by atoms with E-state index in [4.69, 9.17) is 0 Å². The van der Waals surface area contributed by atoms with Crippen LogP contribution >= 0.6 is 0 Å². The highest BCUT2D eigenvalue weighted by atomic mass is 19.1. The van der Waals surface area contributed by atoms with Gasteiger partial charge < -0.3 is 0 Å². The van der Waals surface area contributed by atoms with E-state index in [9.17, 15) is 4.39 Å². The van der Waals surface area contributed by atoms with Crippen LogP contribution in [0.1, 0.15) is 27.7 Å². The Morgan fingerprint density at radius 3 is 1.78 bits per heavy atom. The number of hydrogen-bond donors (Lipinski definition) is 0. The molecule has 0 saturated carbocycles. The van der Waals surface area contributed by atoms with Crippen LogP contribution in [0.5, 0.6) is 0 Å². The van der Waals surface area contributed by atoms with E-state index in [1.807, 2.05) is 27.7 Å². The maximum absolute atomic E-state index is 12.6. The largest absolute Gasteiger partial charge is 0.212 e. The molecular formula is C8H15F. The molecular weight excluding hydrogens is 115 g/mol. The monoisotopic (exact) mass is 130 g/mol. The van der Waals surface area contributed by atoms with Crippen LogP contribution in [0.15, 0.2) is 11.9 Å². The van der Waals surface area contributed by atoms with Gasteiger partial charge in [-0.15, -0.1) is 0 Å². The molecule has 0 radical (unpaired) electrons. The third-order valence-electron chi connectivity index (χ3n) is 1.04. The molecule has 54 valence electrons. The van der Waals surface area contributed by atoms with Crippen LogP contribution in [0.3, 0.4) is 0 Å². The first-order valence-electron chi connectivity index (χ1n) is 3.41. The third-order valence-corrected chi connectivity index (χ3v) is 1.04. The number of rotatable bonds is 2. The summed E-state index contributed by atoms with van der Waals surface area (Å²) in [6.07, 6.45) is 1.66. The molecule has 1 heteroatoms. The summed E-state index contributed by atoms with van der Waals surface area (Å²) in [6, 6.07) is 0. The Morgan fingerprint density at radius 2 is 1.67 bits per heavy atom. The van der Waals surface area contributed by atoms with Crippen molar-refractivity contribution < 1.29 is 4.39 Å². The van der Waals surface area contributed by atoms with Gasteiger partial charge in [0, 0.05) is 5.92 Å². The van der Waals surface area contributed by atoms with Crippen LogP contribution in [0.25, 0.3) is 0 Å². The van der Waals surface area contributed by atoms with E-state index in [1.165, 1.54) is 0 Å². The summed E-state index contributed by atoms with van der Waals surface area (Å²) in [6.45, 7) is 7.66. The summed E-state index contributed by atoms with van der Waals surface area (Å²) < 4.78 is 12.6. The average molecular weight is 130 g/mol. The predicted octanol–water partition coefficient (Wildman–Crippen LogP) is 3.15. The zero-order valence-electron chi connectivity index (χ0n) is 6.61. The molecule has 0 aromatic carbocycles. The molecule has 0 bridgehead atoms. The molecule has 0 aliphatic heterocycles. The Balaban J connectivity index is 3.84. The first-order chi connectivity index (χ1) is 4.04. The maximum atomic E-state index is 12.6. The molecule has 0 aliphatic rings. The topological polar surface area (TPSA) is 0 Å². The predicted molar refractivity (Wildman–Crippen MR) is 38.9 cm³/mol. The second-order valence-electron chi connectivity index (χ2n) is 2.95. The van der Waals surface area contributed by atoms with Gasteiger partial charge in [-0.25, -0.2) is 4.39 Å². The minimum atomic E-state index is 0.00463. The number of hydrogen-bond acceptors (Lipinski definition) is 0. The molecule has 9 heavy (non-hydrogen) atoms. The van der Waals surface area contributed by atoms with E-state index >= 15 is 0 Å². The van der Waals surface area contributed by atoms with Crippen LogP contribution in [0.4, 0.5) is 4.39 Å².